The fourth-order valence-electron chi connectivity index (χ4n) is 2.03. The van der Waals surface area contributed by atoms with E-state index in [9.17, 15) is 14.7 Å². The van der Waals surface area contributed by atoms with E-state index in [1.54, 1.807) is 11.8 Å². The molecular formula is C13H14BrNO3S. The van der Waals surface area contributed by atoms with Crippen LogP contribution >= 0.6 is 27.7 Å². The fraction of sp³-hybridized carbons (Fsp3) is 0.385. The van der Waals surface area contributed by atoms with Gasteiger partial charge in [-0.15, -0.1) is 0 Å². The summed E-state index contributed by atoms with van der Waals surface area (Å²) in [5.41, 5.74) is -0.230. The molecule has 1 aromatic rings. The number of carboxylic acids is 1. The Bertz CT molecular complexity index is 500. The number of hydrogen-bond acceptors (Lipinski definition) is 3. The van der Waals surface area contributed by atoms with E-state index < -0.39 is 11.5 Å². The number of carbonyl (C=O) groups is 2. The molecule has 1 saturated heterocycles. The highest BCUT2D eigenvalue weighted by Crippen LogP contribution is 2.28. The highest BCUT2D eigenvalue weighted by atomic mass is 79.9. The minimum Gasteiger partial charge on any atom is -0.479 e. The van der Waals surface area contributed by atoms with Crippen LogP contribution in [-0.2, 0) is 16.0 Å². The van der Waals surface area contributed by atoms with Gasteiger partial charge in [-0.05, 0) is 29.9 Å². The summed E-state index contributed by atoms with van der Waals surface area (Å²) in [6, 6.07) is 7.44. The summed E-state index contributed by atoms with van der Waals surface area (Å²) in [7, 11) is 0. The van der Waals surface area contributed by atoms with Crippen LogP contribution in [0.2, 0.25) is 0 Å². The second-order valence-electron chi connectivity index (χ2n) is 4.54. The minimum absolute atomic E-state index is 0.194. The molecular weight excluding hydrogens is 330 g/mol. The van der Waals surface area contributed by atoms with Crippen LogP contribution in [0.4, 0.5) is 0 Å². The maximum atomic E-state index is 12.0. The smallest absolute Gasteiger partial charge is 0.330 e. The number of hydrogen-bond donors (Lipinski definition) is 2. The van der Waals surface area contributed by atoms with Gasteiger partial charge in [0.25, 0.3) is 0 Å². The highest BCUT2D eigenvalue weighted by Gasteiger charge is 2.43. The van der Waals surface area contributed by atoms with Gasteiger partial charge in [-0.25, -0.2) is 4.79 Å². The molecule has 4 nitrogen and oxygen atoms in total. The Morgan fingerprint density at radius 1 is 1.47 bits per heavy atom. The predicted molar refractivity (Wildman–Crippen MR) is 78.3 cm³/mol. The van der Waals surface area contributed by atoms with E-state index in [-0.39, 0.29) is 12.3 Å². The molecule has 1 unspecified atom stereocenters. The molecule has 6 heteroatoms. The molecule has 2 N–H and O–H groups in total. The van der Waals surface area contributed by atoms with E-state index in [2.05, 4.69) is 21.2 Å². The van der Waals surface area contributed by atoms with Crippen molar-refractivity contribution in [3.8, 4) is 0 Å². The monoisotopic (exact) mass is 343 g/mol. The standard InChI is InChI=1S/C13H14BrNO3S/c14-10-3-1-2-9(6-10)7-11(16)15-13(12(17)18)4-5-19-8-13/h1-3,6H,4-5,7-8H2,(H,15,16)(H,17,18). The van der Waals surface area contributed by atoms with Gasteiger partial charge in [0, 0.05) is 10.2 Å². The molecule has 2 rings (SSSR count). The fourth-order valence-corrected chi connectivity index (χ4v) is 3.80. The molecule has 0 aromatic heterocycles. The molecule has 1 aliphatic heterocycles. The van der Waals surface area contributed by atoms with Crippen molar-refractivity contribution < 1.29 is 14.7 Å². The maximum absolute atomic E-state index is 12.0. The molecule has 0 saturated carbocycles. The zero-order valence-electron chi connectivity index (χ0n) is 10.2. The second kappa shape index (κ2) is 5.96. The van der Waals surface area contributed by atoms with Crippen LogP contribution in [0.5, 0.6) is 0 Å². The van der Waals surface area contributed by atoms with Crippen molar-refractivity contribution in [2.75, 3.05) is 11.5 Å². The molecule has 0 radical (unpaired) electrons. The largest absolute Gasteiger partial charge is 0.479 e. The highest BCUT2D eigenvalue weighted by molar-refractivity contribution is 9.10. The van der Waals surface area contributed by atoms with E-state index in [4.69, 9.17) is 0 Å². The number of rotatable bonds is 4. The van der Waals surface area contributed by atoms with Gasteiger partial charge < -0.3 is 10.4 Å². The minimum atomic E-state index is -1.09. The summed E-state index contributed by atoms with van der Waals surface area (Å²) >= 11 is 4.90. The van der Waals surface area contributed by atoms with Gasteiger partial charge in [0.05, 0.1) is 6.42 Å². The molecule has 1 heterocycles. The third-order valence-electron chi connectivity index (χ3n) is 3.06. The van der Waals surface area contributed by atoms with Crippen LogP contribution in [0.25, 0.3) is 0 Å². The lowest BCUT2D eigenvalue weighted by atomic mass is 9.98. The summed E-state index contributed by atoms with van der Waals surface area (Å²) < 4.78 is 0.905. The Morgan fingerprint density at radius 3 is 2.84 bits per heavy atom. The van der Waals surface area contributed by atoms with Crippen LogP contribution in [0, 0.1) is 0 Å². The van der Waals surface area contributed by atoms with Crippen molar-refractivity contribution in [3.05, 3.63) is 34.3 Å². The zero-order chi connectivity index (χ0) is 13.9. The van der Waals surface area contributed by atoms with Gasteiger partial charge in [-0.3, -0.25) is 4.79 Å². The van der Waals surface area contributed by atoms with Gasteiger partial charge >= 0.3 is 5.97 Å². The quantitative estimate of drug-likeness (QED) is 0.878. The first-order valence-electron chi connectivity index (χ1n) is 5.88. The van der Waals surface area contributed by atoms with Crippen LogP contribution in [-0.4, -0.2) is 34.0 Å². The number of amides is 1. The average molecular weight is 344 g/mol. The maximum Gasteiger partial charge on any atom is 0.330 e. The van der Waals surface area contributed by atoms with Gasteiger partial charge in [0.2, 0.25) is 5.91 Å². The first-order valence-corrected chi connectivity index (χ1v) is 7.83. The van der Waals surface area contributed by atoms with E-state index in [1.165, 1.54) is 0 Å². The topological polar surface area (TPSA) is 66.4 Å². The summed E-state index contributed by atoms with van der Waals surface area (Å²) in [6.45, 7) is 0. The third-order valence-corrected chi connectivity index (χ3v) is 4.75. The summed E-state index contributed by atoms with van der Waals surface area (Å²) in [5.74, 6) is 0.0128. The summed E-state index contributed by atoms with van der Waals surface area (Å²) in [5, 5.41) is 12.0. The average Bonchev–Trinajstić information content (AvgIpc) is 2.78. The Hall–Kier alpha value is -1.01. The molecule has 1 aromatic carbocycles. The lowest BCUT2D eigenvalue weighted by Gasteiger charge is -2.24. The van der Waals surface area contributed by atoms with Gasteiger partial charge in [-0.2, -0.15) is 11.8 Å². The SMILES string of the molecule is O=C(Cc1cccc(Br)c1)NC1(C(=O)O)CCSC1. The van der Waals surface area contributed by atoms with Crippen molar-refractivity contribution in [1.82, 2.24) is 5.32 Å². The van der Waals surface area contributed by atoms with E-state index in [1.807, 2.05) is 24.3 Å². The van der Waals surface area contributed by atoms with Crippen molar-refractivity contribution >= 4 is 39.6 Å². The first-order chi connectivity index (χ1) is 9.02. The summed E-state index contributed by atoms with van der Waals surface area (Å²) in [6.07, 6.45) is 0.677. The first kappa shape index (κ1) is 14.4. The molecule has 0 aliphatic carbocycles. The number of benzene rings is 1. The molecule has 0 spiro atoms. The third kappa shape index (κ3) is 3.51. The van der Waals surface area contributed by atoms with E-state index in [0.717, 1.165) is 15.8 Å². The molecule has 1 fully saturated rings. The molecule has 19 heavy (non-hydrogen) atoms. The van der Waals surface area contributed by atoms with E-state index >= 15 is 0 Å². The van der Waals surface area contributed by atoms with Crippen LogP contribution in [0.3, 0.4) is 0 Å². The number of halogens is 1. The van der Waals surface area contributed by atoms with Crippen LogP contribution in [0.1, 0.15) is 12.0 Å². The van der Waals surface area contributed by atoms with Crippen molar-refractivity contribution in [2.45, 2.75) is 18.4 Å². The molecule has 1 amide bonds. The molecule has 102 valence electrons. The van der Waals surface area contributed by atoms with E-state index in [0.29, 0.717) is 12.2 Å². The number of carbonyl (C=O) groups excluding carboxylic acids is 1. The van der Waals surface area contributed by atoms with Crippen LogP contribution < -0.4 is 5.32 Å². The van der Waals surface area contributed by atoms with Gasteiger partial charge in [0.15, 0.2) is 0 Å². The predicted octanol–water partition coefficient (Wildman–Crippen LogP) is 2.07. The zero-order valence-corrected chi connectivity index (χ0v) is 12.6. The van der Waals surface area contributed by atoms with Crippen LogP contribution in [0.15, 0.2) is 28.7 Å². The Kier molecular flexibility index (Phi) is 4.52. The van der Waals surface area contributed by atoms with Crippen molar-refractivity contribution in [2.24, 2.45) is 0 Å². The van der Waals surface area contributed by atoms with Gasteiger partial charge in [-0.1, -0.05) is 28.1 Å². The second-order valence-corrected chi connectivity index (χ2v) is 6.57. The Morgan fingerprint density at radius 2 is 2.26 bits per heavy atom. The number of aliphatic carboxylic acids is 1. The summed E-state index contributed by atoms with van der Waals surface area (Å²) in [4.78, 5) is 23.3. The van der Waals surface area contributed by atoms with Crippen molar-refractivity contribution in [3.63, 3.8) is 0 Å². The molecule has 1 atom stereocenters. The number of carboxylic acid groups (broad SMARTS) is 1. The number of nitrogens with one attached hydrogen (secondary N) is 1. The normalized spacial score (nSPS) is 22.2. The lowest BCUT2D eigenvalue weighted by molar-refractivity contribution is -0.146. The molecule has 1 aliphatic rings. The lowest BCUT2D eigenvalue weighted by Crippen LogP contribution is -2.55. The number of thioether (sulfide) groups is 1. The Labute approximate surface area is 124 Å². The van der Waals surface area contributed by atoms with Crippen molar-refractivity contribution in [1.29, 1.82) is 0 Å². The van der Waals surface area contributed by atoms with Gasteiger partial charge in [0.1, 0.15) is 5.54 Å². The Balaban J connectivity index is 2.02. The molecule has 0 bridgehead atoms.